The molecule has 0 radical (unpaired) electrons. The van der Waals surface area contributed by atoms with Gasteiger partial charge in [0.15, 0.2) is 0 Å². The van der Waals surface area contributed by atoms with Gasteiger partial charge in [0, 0.05) is 17.3 Å². The fraction of sp³-hybridized carbons (Fsp3) is 0.148. The molecule has 0 bridgehead atoms. The number of nitrogens with zero attached hydrogens (tertiary/aromatic N) is 2. The number of para-hydroxylation sites is 1. The third-order valence-corrected chi connectivity index (χ3v) is 7.09. The van der Waals surface area contributed by atoms with Crippen molar-refractivity contribution in [2.24, 2.45) is 0 Å². The van der Waals surface area contributed by atoms with Gasteiger partial charge in [-0.15, -0.1) is 0 Å². The highest BCUT2D eigenvalue weighted by Gasteiger charge is 2.42. The topological polar surface area (TPSA) is 73.2 Å². The zero-order valence-electron chi connectivity index (χ0n) is 19.1. The molecule has 1 fully saturated rings. The summed E-state index contributed by atoms with van der Waals surface area (Å²) in [6, 6.07) is 22.5. The maximum absolute atomic E-state index is 13.6. The van der Waals surface area contributed by atoms with E-state index in [0.717, 1.165) is 29.5 Å². The second-order valence-electron chi connectivity index (χ2n) is 8.08. The van der Waals surface area contributed by atoms with Gasteiger partial charge in [-0.25, -0.2) is 0 Å². The first-order chi connectivity index (χ1) is 17.7. The molecule has 0 unspecified atom stereocenters. The molecule has 37 heavy (non-hydrogen) atoms. The molecule has 1 aliphatic heterocycles. The minimum Gasteiger partial charge on any atom is -0.347 e. The zero-order chi connectivity index (χ0) is 26.6. The molecule has 1 aliphatic rings. The molecule has 1 saturated heterocycles. The van der Waals surface area contributed by atoms with Gasteiger partial charge in [0.1, 0.15) is 16.7 Å². The molecule has 188 valence electrons. The van der Waals surface area contributed by atoms with Gasteiger partial charge in [-0.1, -0.05) is 71.9 Å². The third-order valence-electron chi connectivity index (χ3n) is 5.59. The van der Waals surface area contributed by atoms with Crippen LogP contribution in [-0.4, -0.2) is 17.1 Å². The number of rotatable bonds is 6. The predicted octanol–water partition coefficient (Wildman–Crippen LogP) is 6.10. The molecule has 0 aliphatic carbocycles. The van der Waals surface area contributed by atoms with Crippen molar-refractivity contribution in [1.82, 2.24) is 5.32 Å². The molecule has 0 spiro atoms. The minimum absolute atomic E-state index is 0.0600. The molecule has 5 nitrogen and oxygen atoms in total. The van der Waals surface area contributed by atoms with E-state index >= 15 is 0 Å². The number of halogens is 4. The standard InChI is InChI=1S/C27H19ClF3N3O2S/c28-19-11-12-22(27(29,30)31)18(13-19)14-23-25(36)34(20-9-5-2-6-10-20)26(37-23)21(15-32)24(35)33-16-17-7-3-1-4-8-17/h1-13,23H,14,16H2,(H,33,35)/b26-21-/t23-/m1/s1. The molecular formula is C27H19ClF3N3O2S. The number of hydrogen-bond donors (Lipinski definition) is 1. The van der Waals surface area contributed by atoms with E-state index in [2.05, 4.69) is 5.32 Å². The third kappa shape index (κ3) is 5.98. The number of nitriles is 1. The quantitative estimate of drug-likeness (QED) is 0.302. The lowest BCUT2D eigenvalue weighted by atomic mass is 10.0. The summed E-state index contributed by atoms with van der Waals surface area (Å²) in [5.74, 6) is -1.23. The second kappa shape index (κ2) is 11.1. The molecule has 0 saturated carbocycles. The molecule has 1 N–H and O–H groups in total. The molecule has 2 amide bonds. The highest BCUT2D eigenvalue weighted by Crippen LogP contribution is 2.43. The summed E-state index contributed by atoms with van der Waals surface area (Å²) in [7, 11) is 0. The van der Waals surface area contributed by atoms with Crippen LogP contribution >= 0.6 is 23.4 Å². The summed E-state index contributed by atoms with van der Waals surface area (Å²) in [5, 5.41) is 11.7. The summed E-state index contributed by atoms with van der Waals surface area (Å²) in [6.45, 7) is 0.156. The Hall–Kier alpha value is -3.74. The Morgan fingerprint density at radius 2 is 1.70 bits per heavy atom. The molecule has 1 heterocycles. The Morgan fingerprint density at radius 3 is 2.32 bits per heavy atom. The summed E-state index contributed by atoms with van der Waals surface area (Å²) < 4.78 is 40.9. The van der Waals surface area contributed by atoms with Gasteiger partial charge in [-0.05, 0) is 47.9 Å². The fourth-order valence-electron chi connectivity index (χ4n) is 3.87. The monoisotopic (exact) mass is 541 g/mol. The molecule has 0 aromatic heterocycles. The van der Waals surface area contributed by atoms with Crippen LogP contribution in [0.5, 0.6) is 0 Å². The second-order valence-corrected chi connectivity index (χ2v) is 9.71. The van der Waals surface area contributed by atoms with Gasteiger partial charge < -0.3 is 5.32 Å². The molecule has 4 rings (SSSR count). The van der Waals surface area contributed by atoms with Crippen molar-refractivity contribution in [3.8, 4) is 6.07 Å². The van der Waals surface area contributed by atoms with Gasteiger partial charge in [-0.2, -0.15) is 18.4 Å². The summed E-state index contributed by atoms with van der Waals surface area (Å²) >= 11 is 6.85. The Morgan fingerprint density at radius 1 is 1.05 bits per heavy atom. The Labute approximate surface area is 220 Å². The lowest BCUT2D eigenvalue weighted by Crippen LogP contribution is -2.32. The van der Waals surface area contributed by atoms with Crippen molar-refractivity contribution in [2.45, 2.75) is 24.4 Å². The minimum atomic E-state index is -4.64. The van der Waals surface area contributed by atoms with Gasteiger partial charge in [-0.3, -0.25) is 14.5 Å². The zero-order valence-corrected chi connectivity index (χ0v) is 20.7. The lowest BCUT2D eigenvalue weighted by Gasteiger charge is -2.19. The van der Waals surface area contributed by atoms with E-state index in [1.807, 2.05) is 36.4 Å². The number of carbonyl (C=O) groups excluding carboxylic acids is 2. The molecule has 1 atom stereocenters. The van der Waals surface area contributed by atoms with Gasteiger partial charge in [0.05, 0.1) is 10.8 Å². The smallest absolute Gasteiger partial charge is 0.347 e. The summed E-state index contributed by atoms with van der Waals surface area (Å²) in [4.78, 5) is 27.7. The fourth-order valence-corrected chi connectivity index (χ4v) is 5.36. The lowest BCUT2D eigenvalue weighted by molar-refractivity contribution is -0.138. The van der Waals surface area contributed by atoms with E-state index in [9.17, 15) is 28.0 Å². The molecular weight excluding hydrogens is 523 g/mol. The van der Waals surface area contributed by atoms with Gasteiger partial charge >= 0.3 is 6.18 Å². The first-order valence-corrected chi connectivity index (χ1v) is 12.3. The van der Waals surface area contributed by atoms with E-state index in [1.54, 1.807) is 30.3 Å². The Kier molecular flexibility index (Phi) is 7.91. The number of thioether (sulfide) groups is 1. The summed E-state index contributed by atoms with van der Waals surface area (Å²) in [6.07, 6.45) is -4.94. The average molecular weight is 542 g/mol. The van der Waals surface area contributed by atoms with Crippen LogP contribution in [0.2, 0.25) is 5.02 Å². The number of carbonyl (C=O) groups is 2. The first-order valence-electron chi connectivity index (χ1n) is 11.1. The van der Waals surface area contributed by atoms with Crippen LogP contribution in [0.15, 0.2) is 89.5 Å². The van der Waals surface area contributed by atoms with Crippen LogP contribution in [0.4, 0.5) is 18.9 Å². The molecule has 3 aromatic rings. The Bertz CT molecular complexity index is 1390. The van der Waals surface area contributed by atoms with E-state index in [4.69, 9.17) is 11.6 Å². The van der Waals surface area contributed by atoms with Crippen LogP contribution in [0.3, 0.4) is 0 Å². The normalized spacial score (nSPS) is 16.9. The average Bonchev–Trinajstić information content (AvgIpc) is 3.19. The molecule has 10 heteroatoms. The number of benzene rings is 3. The SMILES string of the molecule is N#C/C(C(=O)NCc1ccccc1)=C1/S[C@H](Cc2cc(Cl)ccc2C(F)(F)F)C(=O)N1c1ccccc1. The van der Waals surface area contributed by atoms with Crippen LogP contribution in [-0.2, 0) is 28.7 Å². The van der Waals surface area contributed by atoms with Crippen molar-refractivity contribution < 1.29 is 22.8 Å². The number of amides is 2. The highest BCUT2D eigenvalue weighted by molar-refractivity contribution is 8.05. The maximum atomic E-state index is 13.6. The van der Waals surface area contributed by atoms with E-state index in [1.165, 1.54) is 11.0 Å². The van der Waals surface area contributed by atoms with Crippen molar-refractivity contribution in [1.29, 1.82) is 5.26 Å². The number of anilines is 1. The highest BCUT2D eigenvalue weighted by atomic mass is 35.5. The van der Waals surface area contributed by atoms with Crippen molar-refractivity contribution in [2.75, 3.05) is 4.90 Å². The predicted molar refractivity (Wildman–Crippen MR) is 136 cm³/mol. The number of nitrogens with one attached hydrogen (secondary N) is 1. The van der Waals surface area contributed by atoms with Gasteiger partial charge in [0.2, 0.25) is 5.91 Å². The van der Waals surface area contributed by atoms with Crippen LogP contribution in [0.1, 0.15) is 16.7 Å². The van der Waals surface area contributed by atoms with Crippen LogP contribution < -0.4 is 10.2 Å². The summed E-state index contributed by atoms with van der Waals surface area (Å²) in [5.41, 5.74) is -0.139. The maximum Gasteiger partial charge on any atom is 0.416 e. The Balaban J connectivity index is 1.70. The van der Waals surface area contributed by atoms with Crippen molar-refractivity contribution >= 4 is 40.9 Å². The number of hydrogen-bond acceptors (Lipinski definition) is 4. The largest absolute Gasteiger partial charge is 0.416 e. The van der Waals surface area contributed by atoms with E-state index in [0.29, 0.717) is 5.69 Å². The van der Waals surface area contributed by atoms with E-state index < -0.39 is 28.8 Å². The first kappa shape index (κ1) is 26.3. The van der Waals surface area contributed by atoms with E-state index in [-0.39, 0.29) is 34.2 Å². The van der Waals surface area contributed by atoms with Crippen LogP contribution in [0.25, 0.3) is 0 Å². The van der Waals surface area contributed by atoms with Crippen LogP contribution in [0, 0.1) is 11.3 Å². The van der Waals surface area contributed by atoms with Crippen molar-refractivity contribution in [3.63, 3.8) is 0 Å². The molecule has 3 aromatic carbocycles. The van der Waals surface area contributed by atoms with Gasteiger partial charge in [0.25, 0.3) is 5.91 Å². The van der Waals surface area contributed by atoms with Crippen molar-refractivity contribution in [3.05, 3.63) is 111 Å². The number of alkyl halides is 3.